The monoisotopic (exact) mass is 417 g/mol. The Hall–Kier alpha value is -0.770. The molecule has 0 spiro atoms. The summed E-state index contributed by atoms with van der Waals surface area (Å²) in [4.78, 5) is 11.6. The van der Waals surface area contributed by atoms with Gasteiger partial charge in [0.15, 0.2) is 9.84 Å². The van der Waals surface area contributed by atoms with E-state index in [0.717, 1.165) is 12.1 Å². The molecule has 1 rings (SSSR count). The molecule has 0 heterocycles. The summed E-state index contributed by atoms with van der Waals surface area (Å²) < 4.78 is 49.6. The van der Waals surface area contributed by atoms with E-state index in [4.69, 9.17) is 0 Å². The quantitative estimate of drug-likeness (QED) is 0.592. The van der Waals surface area contributed by atoms with Gasteiger partial charge in [0, 0.05) is 5.69 Å². The van der Waals surface area contributed by atoms with Gasteiger partial charge in [-0.3, -0.25) is 4.79 Å². The number of rotatable bonds is 5. The Morgan fingerprint density at radius 2 is 1.80 bits per heavy atom. The van der Waals surface area contributed by atoms with Crippen molar-refractivity contribution in [3.63, 3.8) is 0 Å². The molecule has 0 aliphatic rings. The number of hydrogen-bond acceptors (Lipinski definition) is 3. The predicted molar refractivity (Wildman–Crippen MR) is 81.2 cm³/mol. The van der Waals surface area contributed by atoms with Gasteiger partial charge in [0.25, 0.3) is 0 Å². The fourth-order valence-corrected chi connectivity index (χ4v) is 3.51. The van der Waals surface area contributed by atoms with Crippen LogP contribution in [0.4, 0.5) is 14.5 Å². The van der Waals surface area contributed by atoms with Gasteiger partial charge >= 0.3 is 0 Å². The van der Waals surface area contributed by atoms with Crippen LogP contribution in [0.3, 0.4) is 0 Å². The Morgan fingerprint density at radius 1 is 1.30 bits per heavy atom. The molecule has 0 fully saturated rings. The molecule has 0 aromatic heterocycles. The number of carbonyl (C=O) groups excluding carboxylic acids is 1. The highest BCUT2D eigenvalue weighted by molar-refractivity contribution is 14.1. The van der Waals surface area contributed by atoms with Crippen molar-refractivity contribution in [1.82, 2.24) is 0 Å². The van der Waals surface area contributed by atoms with Gasteiger partial charge in [-0.05, 0) is 40.6 Å². The summed E-state index contributed by atoms with van der Waals surface area (Å²) in [6, 6.07) is 1.88. The van der Waals surface area contributed by atoms with Crippen LogP contribution < -0.4 is 5.32 Å². The lowest BCUT2D eigenvalue weighted by Crippen LogP contribution is -2.26. The summed E-state index contributed by atoms with van der Waals surface area (Å²) >= 11 is 1.50. The van der Waals surface area contributed by atoms with Crippen LogP contribution in [0, 0.1) is 21.1 Å². The number of halogens is 3. The van der Waals surface area contributed by atoms with Gasteiger partial charge < -0.3 is 5.32 Å². The molecule has 112 valence electrons. The Bertz CT molecular complexity index is 594. The standard InChI is InChI=1S/C12H14F2INO3S/c1-7(2)5-20(18,19)6-11(17)16-8-3-9(13)12(15)10(14)4-8/h3-4,7H,5-6H2,1-2H3,(H,16,17). The third-order valence-electron chi connectivity index (χ3n) is 2.21. The van der Waals surface area contributed by atoms with E-state index in [1.165, 1.54) is 22.6 Å². The molecule has 0 radical (unpaired) electrons. The van der Waals surface area contributed by atoms with Crippen molar-refractivity contribution < 1.29 is 22.0 Å². The molecule has 0 aliphatic carbocycles. The van der Waals surface area contributed by atoms with Crippen LogP contribution in [0.25, 0.3) is 0 Å². The van der Waals surface area contributed by atoms with Crippen molar-refractivity contribution in [2.45, 2.75) is 13.8 Å². The van der Waals surface area contributed by atoms with Gasteiger partial charge in [0.2, 0.25) is 5.91 Å². The van der Waals surface area contributed by atoms with Crippen molar-refractivity contribution in [2.24, 2.45) is 5.92 Å². The van der Waals surface area contributed by atoms with Crippen LogP contribution in [-0.4, -0.2) is 25.8 Å². The molecule has 0 atom stereocenters. The first-order chi connectivity index (χ1) is 9.10. The number of carbonyl (C=O) groups is 1. The van der Waals surface area contributed by atoms with Gasteiger partial charge in [-0.1, -0.05) is 13.8 Å². The zero-order valence-electron chi connectivity index (χ0n) is 10.9. The van der Waals surface area contributed by atoms with E-state index in [9.17, 15) is 22.0 Å². The van der Waals surface area contributed by atoms with Crippen molar-refractivity contribution in [3.05, 3.63) is 27.3 Å². The second kappa shape index (κ2) is 6.79. The maximum Gasteiger partial charge on any atom is 0.239 e. The third kappa shape index (κ3) is 5.31. The fourth-order valence-electron chi connectivity index (χ4n) is 1.59. The van der Waals surface area contributed by atoms with E-state index < -0.39 is 33.1 Å². The smallest absolute Gasteiger partial charge is 0.239 e. The van der Waals surface area contributed by atoms with Gasteiger partial charge in [0.05, 0.1) is 9.32 Å². The zero-order valence-corrected chi connectivity index (χ0v) is 13.9. The molecule has 4 nitrogen and oxygen atoms in total. The molecule has 0 saturated heterocycles. The van der Waals surface area contributed by atoms with Crippen LogP contribution in [0.2, 0.25) is 0 Å². The molecule has 8 heteroatoms. The topological polar surface area (TPSA) is 63.2 Å². The number of nitrogens with one attached hydrogen (secondary N) is 1. The second-order valence-electron chi connectivity index (χ2n) is 4.75. The summed E-state index contributed by atoms with van der Waals surface area (Å²) in [5.74, 6) is -3.36. The first-order valence-electron chi connectivity index (χ1n) is 5.75. The molecule has 1 aromatic carbocycles. The molecule has 0 saturated carbocycles. The van der Waals surface area contributed by atoms with E-state index in [2.05, 4.69) is 5.32 Å². The number of hydrogen-bond donors (Lipinski definition) is 1. The number of sulfone groups is 1. The average Bonchev–Trinajstić information content (AvgIpc) is 2.22. The van der Waals surface area contributed by atoms with Gasteiger partial charge in [0.1, 0.15) is 17.4 Å². The molecule has 0 unspecified atom stereocenters. The Kier molecular flexibility index (Phi) is 5.87. The summed E-state index contributed by atoms with van der Waals surface area (Å²) in [5, 5.41) is 2.18. The fraction of sp³-hybridized carbons (Fsp3) is 0.417. The minimum atomic E-state index is -3.53. The summed E-state index contributed by atoms with van der Waals surface area (Å²) in [7, 11) is -3.53. The first-order valence-corrected chi connectivity index (χ1v) is 8.65. The van der Waals surface area contributed by atoms with E-state index >= 15 is 0 Å². The highest BCUT2D eigenvalue weighted by Crippen LogP contribution is 2.20. The maximum absolute atomic E-state index is 13.3. The molecular formula is C12H14F2INO3S. The minimum absolute atomic E-state index is 0.0963. The van der Waals surface area contributed by atoms with Gasteiger partial charge in [-0.2, -0.15) is 0 Å². The number of benzene rings is 1. The summed E-state index contributed by atoms with van der Waals surface area (Å²) in [6.45, 7) is 3.44. The minimum Gasteiger partial charge on any atom is -0.325 e. The van der Waals surface area contributed by atoms with E-state index in [1.54, 1.807) is 13.8 Å². The van der Waals surface area contributed by atoms with E-state index in [1.807, 2.05) is 0 Å². The Balaban J connectivity index is 2.77. The Morgan fingerprint density at radius 3 is 2.25 bits per heavy atom. The lowest BCUT2D eigenvalue weighted by molar-refractivity contribution is -0.113. The van der Waals surface area contributed by atoms with Crippen LogP contribution in [0.1, 0.15) is 13.8 Å². The molecule has 1 N–H and O–H groups in total. The molecular weight excluding hydrogens is 403 g/mol. The second-order valence-corrected chi connectivity index (χ2v) is 7.94. The van der Waals surface area contributed by atoms with Crippen LogP contribution in [-0.2, 0) is 14.6 Å². The first kappa shape index (κ1) is 17.3. The highest BCUT2D eigenvalue weighted by Gasteiger charge is 2.19. The molecule has 0 bridgehead atoms. The van der Waals surface area contributed by atoms with Crippen molar-refractivity contribution in [2.75, 3.05) is 16.8 Å². The van der Waals surface area contributed by atoms with Crippen molar-refractivity contribution >= 4 is 44.0 Å². The molecule has 0 aliphatic heterocycles. The highest BCUT2D eigenvalue weighted by atomic mass is 127. The maximum atomic E-state index is 13.3. The largest absolute Gasteiger partial charge is 0.325 e. The summed E-state index contributed by atoms with van der Waals surface area (Å²) in [5.41, 5.74) is -0.106. The molecule has 1 amide bonds. The van der Waals surface area contributed by atoms with E-state index in [-0.39, 0.29) is 20.9 Å². The van der Waals surface area contributed by atoms with Gasteiger partial charge in [-0.15, -0.1) is 0 Å². The Labute approximate surface area is 130 Å². The van der Waals surface area contributed by atoms with Crippen LogP contribution in [0.15, 0.2) is 12.1 Å². The van der Waals surface area contributed by atoms with Crippen molar-refractivity contribution in [3.8, 4) is 0 Å². The number of amides is 1. The van der Waals surface area contributed by atoms with Crippen LogP contribution >= 0.6 is 22.6 Å². The lowest BCUT2D eigenvalue weighted by Gasteiger charge is -2.09. The zero-order chi connectivity index (χ0) is 15.5. The lowest BCUT2D eigenvalue weighted by atomic mass is 10.3. The summed E-state index contributed by atoms with van der Waals surface area (Å²) in [6.07, 6.45) is 0. The molecule has 20 heavy (non-hydrogen) atoms. The number of anilines is 1. The van der Waals surface area contributed by atoms with E-state index in [0.29, 0.717) is 0 Å². The van der Waals surface area contributed by atoms with Gasteiger partial charge in [-0.25, -0.2) is 17.2 Å². The van der Waals surface area contributed by atoms with Crippen LogP contribution in [0.5, 0.6) is 0 Å². The van der Waals surface area contributed by atoms with Crippen molar-refractivity contribution in [1.29, 1.82) is 0 Å². The molecule has 1 aromatic rings. The SMILES string of the molecule is CC(C)CS(=O)(=O)CC(=O)Nc1cc(F)c(I)c(F)c1. The third-order valence-corrected chi connectivity index (χ3v) is 5.11. The average molecular weight is 417 g/mol. The predicted octanol–water partition coefficient (Wildman–Crippen LogP) is 2.58. The normalized spacial score (nSPS) is 11.7.